The van der Waals surface area contributed by atoms with Crippen molar-refractivity contribution in [3.8, 4) is 11.5 Å². The van der Waals surface area contributed by atoms with Gasteiger partial charge in [0.25, 0.3) is 11.7 Å². The van der Waals surface area contributed by atoms with Gasteiger partial charge in [-0.05, 0) is 75.1 Å². The molecule has 0 saturated carbocycles. The summed E-state index contributed by atoms with van der Waals surface area (Å²) >= 11 is 0. The molecule has 2 aromatic rings. The molecule has 176 valence electrons. The van der Waals surface area contributed by atoms with Gasteiger partial charge in [-0.2, -0.15) is 0 Å². The molecule has 1 fully saturated rings. The molecule has 2 aromatic carbocycles. The Bertz CT molecular complexity index is 1070. The van der Waals surface area contributed by atoms with Crippen LogP contribution in [0.15, 0.2) is 42.0 Å². The largest absolute Gasteiger partial charge is 0.507 e. The van der Waals surface area contributed by atoms with E-state index in [1.807, 2.05) is 65.0 Å². The number of likely N-dealkylation sites (tertiary alicyclic amines) is 1. The Kier molecular flexibility index (Phi) is 7.46. The lowest BCUT2D eigenvalue weighted by Gasteiger charge is -2.25. The Morgan fingerprint density at radius 1 is 1.09 bits per heavy atom. The van der Waals surface area contributed by atoms with Crippen LogP contribution in [-0.2, 0) is 9.59 Å². The third-order valence-electron chi connectivity index (χ3n) is 5.86. The van der Waals surface area contributed by atoms with Crippen molar-refractivity contribution in [1.29, 1.82) is 0 Å². The SMILES string of the molecule is CCCCN1C(=O)C(=O)/C(=C(/O)c2cc(C)c(OC)cc2C)C1c1ccc(OC(C)C)cc1. The highest BCUT2D eigenvalue weighted by molar-refractivity contribution is 6.46. The van der Waals surface area contributed by atoms with E-state index >= 15 is 0 Å². The van der Waals surface area contributed by atoms with Gasteiger partial charge in [0, 0.05) is 12.1 Å². The fourth-order valence-corrected chi connectivity index (χ4v) is 4.20. The predicted octanol–water partition coefficient (Wildman–Crippen LogP) is 5.32. The van der Waals surface area contributed by atoms with E-state index in [9.17, 15) is 14.7 Å². The second-order valence-electron chi connectivity index (χ2n) is 8.72. The molecule has 1 aliphatic heterocycles. The van der Waals surface area contributed by atoms with Crippen molar-refractivity contribution in [2.24, 2.45) is 0 Å². The lowest BCUT2D eigenvalue weighted by Crippen LogP contribution is -2.30. The highest BCUT2D eigenvalue weighted by atomic mass is 16.5. The number of aliphatic hydroxyl groups excluding tert-OH is 1. The zero-order valence-electron chi connectivity index (χ0n) is 20.3. The molecule has 33 heavy (non-hydrogen) atoms. The van der Waals surface area contributed by atoms with Crippen LogP contribution in [0.2, 0.25) is 0 Å². The van der Waals surface area contributed by atoms with Crippen molar-refractivity contribution in [1.82, 2.24) is 4.90 Å². The predicted molar refractivity (Wildman–Crippen MR) is 129 cm³/mol. The second kappa shape index (κ2) is 10.1. The fraction of sp³-hybridized carbons (Fsp3) is 0.407. The van der Waals surface area contributed by atoms with Gasteiger partial charge < -0.3 is 19.5 Å². The van der Waals surface area contributed by atoms with Crippen LogP contribution in [0.4, 0.5) is 0 Å². The van der Waals surface area contributed by atoms with E-state index in [0.717, 1.165) is 29.5 Å². The van der Waals surface area contributed by atoms with Crippen LogP contribution in [0.25, 0.3) is 5.76 Å². The number of rotatable bonds is 8. The Labute approximate surface area is 195 Å². The number of amides is 1. The van der Waals surface area contributed by atoms with Crippen LogP contribution in [0.5, 0.6) is 11.5 Å². The smallest absolute Gasteiger partial charge is 0.295 e. The van der Waals surface area contributed by atoms with Crippen molar-refractivity contribution in [3.05, 3.63) is 64.2 Å². The summed E-state index contributed by atoms with van der Waals surface area (Å²) in [5, 5.41) is 11.3. The fourth-order valence-electron chi connectivity index (χ4n) is 4.20. The first-order valence-electron chi connectivity index (χ1n) is 11.4. The molecule has 3 rings (SSSR count). The third kappa shape index (κ3) is 4.90. The van der Waals surface area contributed by atoms with E-state index < -0.39 is 17.7 Å². The highest BCUT2D eigenvalue weighted by Gasteiger charge is 2.45. The molecular weight excluding hydrogens is 418 g/mol. The minimum atomic E-state index is -0.663. The van der Waals surface area contributed by atoms with Crippen molar-refractivity contribution in [2.45, 2.75) is 59.6 Å². The number of methoxy groups -OCH3 is 1. The Hall–Kier alpha value is -3.28. The van der Waals surface area contributed by atoms with Crippen LogP contribution >= 0.6 is 0 Å². The molecule has 0 aliphatic carbocycles. The number of benzene rings is 2. The number of ketones is 1. The maximum absolute atomic E-state index is 13.2. The zero-order chi connectivity index (χ0) is 24.3. The molecule has 1 saturated heterocycles. The average molecular weight is 452 g/mol. The van der Waals surface area contributed by atoms with Gasteiger partial charge in [-0.1, -0.05) is 25.5 Å². The number of nitrogens with zero attached hydrogens (tertiary/aromatic N) is 1. The molecule has 6 nitrogen and oxygen atoms in total. The van der Waals surface area contributed by atoms with E-state index in [4.69, 9.17) is 9.47 Å². The lowest BCUT2D eigenvalue weighted by molar-refractivity contribution is -0.139. The van der Waals surface area contributed by atoms with E-state index in [1.54, 1.807) is 18.1 Å². The van der Waals surface area contributed by atoms with E-state index in [2.05, 4.69) is 0 Å². The van der Waals surface area contributed by atoms with E-state index in [0.29, 0.717) is 23.6 Å². The van der Waals surface area contributed by atoms with Gasteiger partial charge >= 0.3 is 0 Å². The van der Waals surface area contributed by atoms with Crippen LogP contribution in [0, 0.1) is 13.8 Å². The maximum Gasteiger partial charge on any atom is 0.295 e. The number of hydrogen-bond donors (Lipinski definition) is 1. The van der Waals surface area contributed by atoms with Crippen LogP contribution < -0.4 is 9.47 Å². The first-order chi connectivity index (χ1) is 15.7. The summed E-state index contributed by atoms with van der Waals surface area (Å²) in [6.07, 6.45) is 1.68. The third-order valence-corrected chi connectivity index (χ3v) is 5.86. The molecule has 0 aromatic heterocycles. The minimum Gasteiger partial charge on any atom is -0.507 e. The Morgan fingerprint density at radius 3 is 2.33 bits per heavy atom. The molecule has 1 N–H and O–H groups in total. The van der Waals surface area contributed by atoms with E-state index in [1.165, 1.54) is 0 Å². The summed E-state index contributed by atoms with van der Waals surface area (Å²) in [5.41, 5.74) is 2.98. The van der Waals surface area contributed by atoms with Crippen molar-refractivity contribution < 1.29 is 24.2 Å². The number of unbranched alkanes of at least 4 members (excludes halogenated alkanes) is 1. The maximum atomic E-state index is 13.2. The average Bonchev–Trinajstić information content (AvgIpc) is 3.03. The van der Waals surface area contributed by atoms with Crippen molar-refractivity contribution in [3.63, 3.8) is 0 Å². The molecule has 6 heteroatoms. The molecule has 1 amide bonds. The van der Waals surface area contributed by atoms with Gasteiger partial charge in [0.1, 0.15) is 17.3 Å². The lowest BCUT2D eigenvalue weighted by atomic mass is 9.93. The van der Waals surface area contributed by atoms with Gasteiger partial charge in [-0.25, -0.2) is 0 Å². The van der Waals surface area contributed by atoms with E-state index in [-0.39, 0.29) is 17.4 Å². The summed E-state index contributed by atoms with van der Waals surface area (Å²) in [6.45, 7) is 10.1. The van der Waals surface area contributed by atoms with Gasteiger partial charge in [-0.3, -0.25) is 9.59 Å². The summed E-state index contributed by atoms with van der Waals surface area (Å²) in [7, 11) is 1.59. The number of aryl methyl sites for hydroxylation is 2. The minimum absolute atomic E-state index is 0.0346. The zero-order valence-corrected chi connectivity index (χ0v) is 20.3. The van der Waals surface area contributed by atoms with Gasteiger partial charge in [0.2, 0.25) is 0 Å². The normalized spacial score (nSPS) is 17.7. The number of hydrogen-bond acceptors (Lipinski definition) is 5. The first-order valence-corrected chi connectivity index (χ1v) is 11.4. The van der Waals surface area contributed by atoms with Crippen molar-refractivity contribution >= 4 is 17.4 Å². The summed E-state index contributed by atoms with van der Waals surface area (Å²) < 4.78 is 11.1. The van der Waals surface area contributed by atoms with Gasteiger partial charge in [0.15, 0.2) is 0 Å². The number of carbonyl (C=O) groups is 2. The van der Waals surface area contributed by atoms with Crippen LogP contribution in [0.3, 0.4) is 0 Å². The summed E-state index contributed by atoms with van der Waals surface area (Å²) in [4.78, 5) is 27.7. The molecule has 1 atom stereocenters. The molecule has 1 heterocycles. The molecule has 0 radical (unpaired) electrons. The molecule has 1 aliphatic rings. The number of ether oxygens (including phenoxy) is 2. The monoisotopic (exact) mass is 451 g/mol. The molecule has 1 unspecified atom stereocenters. The van der Waals surface area contributed by atoms with Gasteiger partial charge in [-0.15, -0.1) is 0 Å². The highest BCUT2D eigenvalue weighted by Crippen LogP contribution is 2.41. The quantitative estimate of drug-likeness (QED) is 0.334. The summed E-state index contributed by atoms with van der Waals surface area (Å²) in [5.74, 6) is -0.00175. The Balaban J connectivity index is 2.15. The Morgan fingerprint density at radius 2 is 1.76 bits per heavy atom. The molecule has 0 bridgehead atoms. The van der Waals surface area contributed by atoms with Crippen LogP contribution in [0.1, 0.15) is 61.9 Å². The van der Waals surface area contributed by atoms with Crippen molar-refractivity contribution in [2.75, 3.05) is 13.7 Å². The summed E-state index contributed by atoms with van der Waals surface area (Å²) in [6, 6.07) is 10.3. The topological polar surface area (TPSA) is 76.1 Å². The standard InChI is InChI=1S/C27H33NO5/c1-7-8-13-28-24(19-9-11-20(12-10-19)33-16(2)3)23(26(30)27(28)31)25(29)21-14-18(5)22(32-6)15-17(21)4/h9-12,14-16,24,29H,7-8,13H2,1-6H3/b25-23+. The molecule has 0 spiro atoms. The number of aliphatic hydroxyl groups is 1. The first kappa shape index (κ1) is 24.4. The second-order valence-corrected chi connectivity index (χ2v) is 8.72. The number of Topliss-reactive ketones (excluding diaryl/α,β-unsaturated/α-hetero) is 1. The number of carbonyl (C=O) groups excluding carboxylic acids is 2. The molecular formula is C27H33NO5. The van der Waals surface area contributed by atoms with Crippen LogP contribution in [-0.4, -0.2) is 41.5 Å². The van der Waals surface area contributed by atoms with Gasteiger partial charge in [0.05, 0.1) is 24.8 Å².